The van der Waals surface area contributed by atoms with Gasteiger partial charge in [-0.25, -0.2) is 4.98 Å². The second kappa shape index (κ2) is 7.72. The van der Waals surface area contributed by atoms with E-state index in [1.54, 1.807) is 25.3 Å². The zero-order chi connectivity index (χ0) is 18.0. The van der Waals surface area contributed by atoms with E-state index >= 15 is 0 Å². The molecule has 0 unspecified atom stereocenters. The van der Waals surface area contributed by atoms with Gasteiger partial charge in [0.25, 0.3) is 5.56 Å². The van der Waals surface area contributed by atoms with Gasteiger partial charge in [-0.05, 0) is 41.5 Å². The summed E-state index contributed by atoms with van der Waals surface area (Å²) in [6.45, 7) is 0.681. The lowest BCUT2D eigenvalue weighted by Crippen LogP contribution is -2.25. The molecule has 0 amide bonds. The Kier molecular flexibility index (Phi) is 5.61. The summed E-state index contributed by atoms with van der Waals surface area (Å²) in [4.78, 5) is 17.4. The molecule has 10 heteroatoms. The van der Waals surface area contributed by atoms with Crippen molar-refractivity contribution in [2.75, 3.05) is 13.7 Å². The van der Waals surface area contributed by atoms with Crippen molar-refractivity contribution in [3.05, 3.63) is 44.3 Å². The van der Waals surface area contributed by atoms with Crippen molar-refractivity contribution in [1.29, 1.82) is 5.26 Å². The van der Waals surface area contributed by atoms with E-state index in [9.17, 15) is 10.1 Å². The molecule has 1 aromatic carbocycles. The fraction of sp³-hybridized carbons (Fsp3) is 0.200. The van der Waals surface area contributed by atoms with Crippen LogP contribution < -0.4 is 5.56 Å². The number of fused-ring (bicyclic) bond motifs is 1. The normalized spacial score (nSPS) is 11.0. The minimum Gasteiger partial charge on any atom is -0.383 e. The zero-order valence-electron chi connectivity index (χ0n) is 12.8. The quantitative estimate of drug-likeness (QED) is 0.592. The molecule has 0 atom stereocenters. The minimum atomic E-state index is -0.199. The molecule has 2 heterocycles. The maximum absolute atomic E-state index is 12.8. The van der Waals surface area contributed by atoms with Crippen LogP contribution in [0, 0.1) is 11.3 Å². The molecule has 25 heavy (non-hydrogen) atoms. The van der Waals surface area contributed by atoms with E-state index < -0.39 is 0 Å². The Balaban J connectivity index is 2.17. The van der Waals surface area contributed by atoms with Gasteiger partial charge in [-0.3, -0.25) is 9.36 Å². The average Bonchev–Trinajstić information content (AvgIpc) is 2.94. The van der Waals surface area contributed by atoms with Crippen LogP contribution in [-0.2, 0) is 11.3 Å². The lowest BCUT2D eigenvalue weighted by Gasteiger charge is -2.12. The lowest BCUT2D eigenvalue weighted by molar-refractivity contribution is 0.183. The molecule has 3 aromatic rings. The summed E-state index contributed by atoms with van der Waals surface area (Å²) in [6, 6.07) is 6.95. The van der Waals surface area contributed by atoms with Crippen LogP contribution in [-0.4, -0.2) is 27.6 Å². The Morgan fingerprint density at radius 3 is 2.96 bits per heavy atom. The summed E-state index contributed by atoms with van der Waals surface area (Å²) in [5.74, 6) is 0. The summed E-state index contributed by atoms with van der Waals surface area (Å²) in [5, 5.41) is 10.8. The largest absolute Gasteiger partial charge is 0.383 e. The van der Waals surface area contributed by atoms with Gasteiger partial charge in [0.2, 0.25) is 0 Å². The van der Waals surface area contributed by atoms with Crippen molar-refractivity contribution >= 4 is 57.4 Å². The highest BCUT2D eigenvalue weighted by atomic mass is 35.5. The molecule has 0 bridgehead atoms. The number of hydrogen-bond donors (Lipinski definition) is 0. The topological polar surface area (TPSA) is 80.8 Å². The van der Waals surface area contributed by atoms with Crippen molar-refractivity contribution in [3.8, 4) is 6.07 Å². The molecule has 0 radical (unpaired) electrons. The number of halogens is 2. The van der Waals surface area contributed by atoms with E-state index in [0.717, 1.165) is 11.5 Å². The summed E-state index contributed by atoms with van der Waals surface area (Å²) in [5.41, 5.74) is 0.563. The minimum absolute atomic E-state index is 0.143. The average molecular weight is 413 g/mol. The Labute approximate surface area is 161 Å². The number of hydrogen-bond acceptors (Lipinski definition) is 7. The highest BCUT2D eigenvalue weighted by Crippen LogP contribution is 2.36. The fourth-order valence-electron chi connectivity index (χ4n) is 2.13. The molecule has 0 aliphatic heterocycles. The Morgan fingerprint density at radius 2 is 2.24 bits per heavy atom. The molecule has 0 aliphatic rings. The monoisotopic (exact) mass is 412 g/mol. The van der Waals surface area contributed by atoms with Gasteiger partial charge in [-0.2, -0.15) is 9.64 Å². The highest BCUT2D eigenvalue weighted by molar-refractivity contribution is 8.01. The second-order valence-corrected chi connectivity index (χ2v) is 7.66. The number of rotatable bonds is 5. The molecule has 128 valence electrons. The van der Waals surface area contributed by atoms with E-state index in [4.69, 9.17) is 27.9 Å². The molecular formula is C15H10Cl2N4O2S2. The van der Waals surface area contributed by atoms with Gasteiger partial charge >= 0.3 is 0 Å². The predicted molar refractivity (Wildman–Crippen MR) is 98.9 cm³/mol. The van der Waals surface area contributed by atoms with Gasteiger partial charge in [0.15, 0.2) is 10.3 Å². The van der Waals surface area contributed by atoms with E-state index in [1.165, 1.54) is 16.3 Å². The smallest absolute Gasteiger partial charge is 0.262 e. The van der Waals surface area contributed by atoms with Crippen LogP contribution >= 0.6 is 46.5 Å². The number of aromatic nitrogens is 3. The van der Waals surface area contributed by atoms with E-state index in [0.29, 0.717) is 38.4 Å². The summed E-state index contributed by atoms with van der Waals surface area (Å²) >= 11 is 14.2. The molecular weight excluding hydrogens is 403 g/mol. The van der Waals surface area contributed by atoms with Crippen molar-refractivity contribution in [2.45, 2.75) is 15.9 Å². The van der Waals surface area contributed by atoms with Crippen molar-refractivity contribution in [3.63, 3.8) is 0 Å². The van der Waals surface area contributed by atoms with E-state index in [-0.39, 0.29) is 16.3 Å². The molecule has 0 spiro atoms. The molecule has 6 nitrogen and oxygen atoms in total. The van der Waals surface area contributed by atoms with Gasteiger partial charge in [-0.1, -0.05) is 23.2 Å². The number of benzene rings is 1. The maximum Gasteiger partial charge on any atom is 0.262 e. The molecule has 0 fully saturated rings. The van der Waals surface area contributed by atoms with Crippen molar-refractivity contribution in [1.82, 2.24) is 13.9 Å². The van der Waals surface area contributed by atoms with Crippen molar-refractivity contribution in [2.24, 2.45) is 0 Å². The van der Waals surface area contributed by atoms with Gasteiger partial charge in [0.05, 0.1) is 24.1 Å². The molecule has 3 rings (SSSR count). The van der Waals surface area contributed by atoms with Crippen LogP contribution in [0.3, 0.4) is 0 Å². The number of nitrogens with zero attached hydrogens (tertiary/aromatic N) is 4. The first-order valence-corrected chi connectivity index (χ1v) is 9.32. The van der Waals surface area contributed by atoms with E-state index in [1.807, 2.05) is 6.07 Å². The van der Waals surface area contributed by atoms with Crippen LogP contribution in [0.4, 0.5) is 0 Å². The van der Waals surface area contributed by atoms with Gasteiger partial charge in [0, 0.05) is 12.1 Å². The Bertz CT molecular complexity index is 1040. The fourth-order valence-corrected chi connectivity index (χ4v) is 4.46. The SMILES string of the molecule is COCCn1c(Sc2snc(Cl)c2C#N)nc2cc(Cl)ccc2c1=O. The van der Waals surface area contributed by atoms with Crippen LogP contribution in [0.15, 0.2) is 32.4 Å². The molecule has 0 saturated heterocycles. The maximum atomic E-state index is 12.8. The van der Waals surface area contributed by atoms with Crippen LogP contribution in [0.2, 0.25) is 10.2 Å². The number of nitriles is 1. The first-order valence-electron chi connectivity index (χ1n) is 6.97. The molecule has 0 aliphatic carbocycles. The zero-order valence-corrected chi connectivity index (χ0v) is 16.0. The predicted octanol–water partition coefficient (Wildman–Crippen LogP) is 3.83. The Morgan fingerprint density at radius 1 is 1.44 bits per heavy atom. The van der Waals surface area contributed by atoms with E-state index in [2.05, 4.69) is 9.36 Å². The highest BCUT2D eigenvalue weighted by Gasteiger charge is 2.18. The Hall–Kier alpha value is -1.63. The summed E-state index contributed by atoms with van der Waals surface area (Å²) < 4.78 is 11.2. The first-order chi connectivity index (χ1) is 12.0. The molecule has 0 saturated carbocycles. The third kappa shape index (κ3) is 3.66. The number of ether oxygens (including phenoxy) is 1. The summed E-state index contributed by atoms with van der Waals surface area (Å²) in [6.07, 6.45) is 0. The van der Waals surface area contributed by atoms with Gasteiger partial charge in [-0.15, -0.1) is 0 Å². The van der Waals surface area contributed by atoms with Crippen LogP contribution in [0.1, 0.15) is 5.56 Å². The standard InChI is InChI=1S/C15H10Cl2N4O2S2/c1-23-5-4-21-13(22)9-3-2-8(16)6-11(9)19-15(21)24-14-10(7-18)12(17)20-25-14/h2-3,6H,4-5H2,1H3. The lowest BCUT2D eigenvalue weighted by atomic mass is 10.2. The molecule has 0 N–H and O–H groups in total. The first kappa shape index (κ1) is 18.2. The summed E-state index contributed by atoms with van der Waals surface area (Å²) in [7, 11) is 1.56. The van der Waals surface area contributed by atoms with Gasteiger partial charge in [0.1, 0.15) is 15.8 Å². The van der Waals surface area contributed by atoms with Crippen LogP contribution in [0.25, 0.3) is 10.9 Å². The van der Waals surface area contributed by atoms with Gasteiger partial charge < -0.3 is 4.74 Å². The van der Waals surface area contributed by atoms with Crippen molar-refractivity contribution < 1.29 is 4.74 Å². The number of methoxy groups -OCH3 is 1. The molecule has 2 aromatic heterocycles. The van der Waals surface area contributed by atoms with Crippen LogP contribution in [0.5, 0.6) is 0 Å². The third-order valence-electron chi connectivity index (χ3n) is 3.32. The third-order valence-corrected chi connectivity index (χ3v) is 5.93. The second-order valence-electron chi connectivity index (χ2n) is 4.86.